The first kappa shape index (κ1) is 16.5. The van der Waals surface area contributed by atoms with Crippen molar-refractivity contribution in [1.82, 2.24) is 0 Å². The van der Waals surface area contributed by atoms with Crippen LogP contribution in [0.5, 0.6) is 0 Å². The van der Waals surface area contributed by atoms with E-state index in [9.17, 15) is 14.0 Å². The molecule has 0 aliphatic rings. The molecule has 5 nitrogen and oxygen atoms in total. The zero-order valence-corrected chi connectivity index (χ0v) is 12.6. The van der Waals surface area contributed by atoms with Crippen LogP contribution in [-0.2, 0) is 9.53 Å². The molecule has 2 aromatic carbocycles. The van der Waals surface area contributed by atoms with E-state index in [1.54, 1.807) is 31.2 Å². The van der Waals surface area contributed by atoms with Crippen molar-refractivity contribution in [3.8, 4) is 0 Å². The highest BCUT2D eigenvalue weighted by Crippen LogP contribution is 2.16. The maximum absolute atomic E-state index is 12.8. The van der Waals surface area contributed by atoms with Crippen LogP contribution in [0.4, 0.5) is 15.8 Å². The SMILES string of the molecule is CCOC(=O)c1ccccc1NC(=O)CNc1ccc(F)cc1. The number of esters is 1. The van der Waals surface area contributed by atoms with Crippen molar-refractivity contribution in [2.45, 2.75) is 6.92 Å². The zero-order valence-electron chi connectivity index (χ0n) is 12.6. The Kier molecular flexibility index (Phi) is 5.68. The molecule has 0 aromatic heterocycles. The molecule has 0 saturated carbocycles. The summed E-state index contributed by atoms with van der Waals surface area (Å²) in [5.74, 6) is -1.16. The number of amides is 1. The van der Waals surface area contributed by atoms with E-state index in [1.807, 2.05) is 0 Å². The third-order valence-electron chi connectivity index (χ3n) is 2.99. The Hall–Kier alpha value is -2.89. The van der Waals surface area contributed by atoms with Crippen LogP contribution in [0.1, 0.15) is 17.3 Å². The Morgan fingerprint density at radius 2 is 1.78 bits per heavy atom. The van der Waals surface area contributed by atoms with Crippen molar-refractivity contribution in [2.24, 2.45) is 0 Å². The van der Waals surface area contributed by atoms with Gasteiger partial charge in [-0.05, 0) is 43.3 Å². The Labute approximate surface area is 133 Å². The van der Waals surface area contributed by atoms with Gasteiger partial charge in [-0.2, -0.15) is 0 Å². The Morgan fingerprint density at radius 3 is 2.48 bits per heavy atom. The number of nitrogens with one attached hydrogen (secondary N) is 2. The maximum Gasteiger partial charge on any atom is 0.340 e. The normalized spacial score (nSPS) is 10.0. The summed E-state index contributed by atoms with van der Waals surface area (Å²) in [7, 11) is 0. The highest BCUT2D eigenvalue weighted by Gasteiger charge is 2.13. The molecule has 0 saturated heterocycles. The molecule has 0 bridgehead atoms. The van der Waals surface area contributed by atoms with Crippen LogP contribution < -0.4 is 10.6 Å². The van der Waals surface area contributed by atoms with Gasteiger partial charge < -0.3 is 15.4 Å². The third kappa shape index (κ3) is 4.81. The fraction of sp³-hybridized carbons (Fsp3) is 0.176. The lowest BCUT2D eigenvalue weighted by atomic mass is 10.2. The summed E-state index contributed by atoms with van der Waals surface area (Å²) >= 11 is 0. The van der Waals surface area contributed by atoms with E-state index in [4.69, 9.17) is 4.74 Å². The second kappa shape index (κ2) is 7.93. The van der Waals surface area contributed by atoms with Gasteiger partial charge in [-0.15, -0.1) is 0 Å². The lowest BCUT2D eigenvalue weighted by molar-refractivity contribution is -0.114. The molecule has 0 spiro atoms. The summed E-state index contributed by atoms with van der Waals surface area (Å²) in [4.78, 5) is 23.8. The Balaban J connectivity index is 1.97. The van der Waals surface area contributed by atoms with Crippen LogP contribution in [0.25, 0.3) is 0 Å². The number of rotatable bonds is 6. The minimum absolute atomic E-state index is 0.0111. The molecular weight excluding hydrogens is 299 g/mol. The number of carbonyl (C=O) groups excluding carboxylic acids is 2. The number of anilines is 2. The number of hydrogen-bond donors (Lipinski definition) is 2. The van der Waals surface area contributed by atoms with Gasteiger partial charge in [0.15, 0.2) is 0 Å². The monoisotopic (exact) mass is 316 g/mol. The van der Waals surface area contributed by atoms with E-state index >= 15 is 0 Å². The van der Waals surface area contributed by atoms with Crippen molar-refractivity contribution in [3.05, 3.63) is 59.9 Å². The fourth-order valence-corrected chi connectivity index (χ4v) is 1.92. The number of para-hydroxylation sites is 1. The molecule has 2 N–H and O–H groups in total. The zero-order chi connectivity index (χ0) is 16.7. The number of ether oxygens (including phenoxy) is 1. The van der Waals surface area contributed by atoms with E-state index < -0.39 is 5.97 Å². The molecule has 0 fully saturated rings. The largest absolute Gasteiger partial charge is 0.462 e. The molecule has 0 aliphatic carbocycles. The topological polar surface area (TPSA) is 67.4 Å². The first-order valence-corrected chi connectivity index (χ1v) is 7.15. The van der Waals surface area contributed by atoms with Crippen molar-refractivity contribution < 1.29 is 18.7 Å². The highest BCUT2D eigenvalue weighted by molar-refractivity contribution is 6.02. The number of carbonyl (C=O) groups is 2. The molecule has 0 unspecified atom stereocenters. The van der Waals surface area contributed by atoms with Gasteiger partial charge in [0.25, 0.3) is 0 Å². The second-order valence-electron chi connectivity index (χ2n) is 4.67. The predicted molar refractivity (Wildman–Crippen MR) is 85.9 cm³/mol. The maximum atomic E-state index is 12.8. The molecule has 0 heterocycles. The molecule has 6 heteroatoms. The average Bonchev–Trinajstić information content (AvgIpc) is 2.55. The van der Waals surface area contributed by atoms with Gasteiger partial charge in [-0.25, -0.2) is 9.18 Å². The summed E-state index contributed by atoms with van der Waals surface area (Å²) in [6.45, 7) is 1.96. The van der Waals surface area contributed by atoms with Gasteiger partial charge in [0, 0.05) is 5.69 Å². The number of halogens is 1. The molecular formula is C17H17FN2O3. The average molecular weight is 316 g/mol. The van der Waals surface area contributed by atoms with Crippen LogP contribution >= 0.6 is 0 Å². The standard InChI is InChI=1S/C17H17FN2O3/c1-2-23-17(22)14-5-3-4-6-15(14)20-16(21)11-19-13-9-7-12(18)8-10-13/h3-10,19H,2,11H2,1H3,(H,20,21). The fourth-order valence-electron chi connectivity index (χ4n) is 1.92. The first-order valence-electron chi connectivity index (χ1n) is 7.15. The minimum Gasteiger partial charge on any atom is -0.462 e. The predicted octanol–water partition coefficient (Wildman–Crippen LogP) is 3.05. The second-order valence-corrected chi connectivity index (χ2v) is 4.67. The van der Waals surface area contributed by atoms with Crippen LogP contribution in [0.3, 0.4) is 0 Å². The molecule has 0 atom stereocenters. The van der Waals surface area contributed by atoms with Crippen molar-refractivity contribution in [3.63, 3.8) is 0 Å². The Morgan fingerprint density at radius 1 is 1.09 bits per heavy atom. The summed E-state index contributed by atoms with van der Waals surface area (Å²) < 4.78 is 17.8. The van der Waals surface area contributed by atoms with E-state index in [0.29, 0.717) is 16.9 Å². The van der Waals surface area contributed by atoms with E-state index in [1.165, 1.54) is 24.3 Å². The van der Waals surface area contributed by atoms with Gasteiger partial charge in [-0.1, -0.05) is 12.1 Å². The summed E-state index contributed by atoms with van der Waals surface area (Å²) in [5, 5.41) is 5.53. The summed E-state index contributed by atoms with van der Waals surface area (Å²) in [6.07, 6.45) is 0. The van der Waals surface area contributed by atoms with Crippen LogP contribution in [0.2, 0.25) is 0 Å². The van der Waals surface area contributed by atoms with Gasteiger partial charge >= 0.3 is 5.97 Å². The molecule has 120 valence electrons. The third-order valence-corrected chi connectivity index (χ3v) is 2.99. The minimum atomic E-state index is -0.491. The number of hydrogen-bond acceptors (Lipinski definition) is 4. The van der Waals surface area contributed by atoms with Gasteiger partial charge in [0.2, 0.25) is 5.91 Å². The quantitative estimate of drug-likeness (QED) is 0.804. The smallest absolute Gasteiger partial charge is 0.340 e. The van der Waals surface area contributed by atoms with E-state index in [2.05, 4.69) is 10.6 Å². The van der Waals surface area contributed by atoms with Crippen LogP contribution in [-0.4, -0.2) is 25.0 Å². The van der Waals surface area contributed by atoms with Crippen molar-refractivity contribution in [1.29, 1.82) is 0 Å². The van der Waals surface area contributed by atoms with Crippen LogP contribution in [0, 0.1) is 5.82 Å². The highest BCUT2D eigenvalue weighted by atomic mass is 19.1. The van der Waals surface area contributed by atoms with Gasteiger partial charge in [0.1, 0.15) is 5.82 Å². The van der Waals surface area contributed by atoms with E-state index in [-0.39, 0.29) is 24.9 Å². The van der Waals surface area contributed by atoms with Gasteiger partial charge in [-0.3, -0.25) is 4.79 Å². The summed E-state index contributed by atoms with van der Waals surface area (Å²) in [6, 6.07) is 12.3. The van der Waals surface area contributed by atoms with E-state index in [0.717, 1.165) is 0 Å². The Bertz CT molecular complexity index is 686. The van der Waals surface area contributed by atoms with Gasteiger partial charge in [0.05, 0.1) is 24.4 Å². The molecule has 0 aliphatic heterocycles. The van der Waals surface area contributed by atoms with Crippen molar-refractivity contribution >= 4 is 23.3 Å². The molecule has 23 heavy (non-hydrogen) atoms. The molecule has 0 radical (unpaired) electrons. The number of benzene rings is 2. The van der Waals surface area contributed by atoms with Crippen LogP contribution in [0.15, 0.2) is 48.5 Å². The lowest BCUT2D eigenvalue weighted by Gasteiger charge is -2.11. The van der Waals surface area contributed by atoms with Crippen molar-refractivity contribution in [2.75, 3.05) is 23.8 Å². The summed E-state index contributed by atoms with van der Waals surface area (Å²) in [5.41, 5.74) is 1.31. The molecule has 1 amide bonds. The lowest BCUT2D eigenvalue weighted by Crippen LogP contribution is -2.23. The first-order chi connectivity index (χ1) is 11.1. The molecule has 2 rings (SSSR count). The molecule has 2 aromatic rings.